The number of rotatable bonds is 12. The number of fused-ring (bicyclic) bond motifs is 1. The summed E-state index contributed by atoms with van der Waals surface area (Å²) < 4.78 is 36.3. The number of hydrogen-bond donors (Lipinski definition) is 2. The van der Waals surface area contributed by atoms with Crippen molar-refractivity contribution >= 4 is 18.4 Å². The molecule has 2 aromatic rings. The van der Waals surface area contributed by atoms with E-state index in [1.54, 1.807) is 46.2 Å². The Bertz CT molecular complexity index is 1260. The van der Waals surface area contributed by atoms with Gasteiger partial charge >= 0.3 is 6.03 Å². The zero-order valence-electron chi connectivity index (χ0n) is 26.9. The Morgan fingerprint density at radius 2 is 1.85 bits per heavy atom. The first kappa shape index (κ1) is 37.9. The van der Waals surface area contributed by atoms with Gasteiger partial charge in [-0.05, 0) is 55.4 Å². The monoisotopic (exact) mass is 644 g/mol. The SMILES string of the molecule is C=C1CN(C)N(C(=O)NCc2ccc(F)cc2)C2CN(CCOCc3cccc(F)c3)C(=O)CN12.C=CCOC=O.CCCNC. The molecule has 2 heterocycles. The number of hydrazine groups is 1. The summed E-state index contributed by atoms with van der Waals surface area (Å²) in [5.41, 5.74) is 2.25. The van der Waals surface area contributed by atoms with Crippen molar-refractivity contribution in [2.75, 3.05) is 60.0 Å². The van der Waals surface area contributed by atoms with Crippen molar-refractivity contribution in [2.45, 2.75) is 32.7 Å². The van der Waals surface area contributed by atoms with E-state index in [4.69, 9.17) is 4.74 Å². The van der Waals surface area contributed by atoms with E-state index in [0.29, 0.717) is 26.2 Å². The number of benzene rings is 2. The number of nitrogens with one attached hydrogen (secondary N) is 2. The molecule has 11 nitrogen and oxygen atoms in total. The van der Waals surface area contributed by atoms with Crippen LogP contribution in [0.1, 0.15) is 24.5 Å². The van der Waals surface area contributed by atoms with Gasteiger partial charge < -0.3 is 29.9 Å². The van der Waals surface area contributed by atoms with Crippen molar-refractivity contribution in [3.8, 4) is 0 Å². The topological polar surface area (TPSA) is 107 Å². The average molecular weight is 645 g/mol. The van der Waals surface area contributed by atoms with Gasteiger partial charge in [-0.2, -0.15) is 0 Å². The first-order valence-electron chi connectivity index (χ1n) is 15.0. The fourth-order valence-corrected chi connectivity index (χ4v) is 4.66. The highest BCUT2D eigenvalue weighted by molar-refractivity contribution is 5.80. The number of urea groups is 1. The molecule has 0 aliphatic carbocycles. The first-order valence-corrected chi connectivity index (χ1v) is 15.0. The summed E-state index contributed by atoms with van der Waals surface area (Å²) >= 11 is 0. The first-order chi connectivity index (χ1) is 22.1. The maximum atomic E-state index is 13.3. The molecule has 0 radical (unpaired) electrons. The number of ether oxygens (including phenoxy) is 2. The molecule has 13 heteroatoms. The Morgan fingerprint density at radius 3 is 2.43 bits per heavy atom. The summed E-state index contributed by atoms with van der Waals surface area (Å²) in [6, 6.07) is 11.8. The molecule has 0 aromatic heterocycles. The van der Waals surface area contributed by atoms with Crippen LogP contribution in [-0.4, -0.2) is 104 Å². The molecule has 0 bridgehead atoms. The molecule has 1 atom stereocenters. The predicted octanol–water partition coefficient (Wildman–Crippen LogP) is 3.50. The minimum absolute atomic E-state index is 0.0759. The summed E-state index contributed by atoms with van der Waals surface area (Å²) in [5, 5.41) is 9.26. The Hall–Kier alpha value is -4.33. The largest absolute Gasteiger partial charge is 0.464 e. The second-order valence-corrected chi connectivity index (χ2v) is 10.5. The van der Waals surface area contributed by atoms with Gasteiger partial charge in [-0.15, -0.1) is 0 Å². The van der Waals surface area contributed by atoms with Crippen LogP contribution >= 0.6 is 0 Å². The maximum Gasteiger partial charge on any atom is 0.334 e. The van der Waals surface area contributed by atoms with Crippen molar-refractivity contribution in [3.63, 3.8) is 0 Å². The molecule has 0 saturated carbocycles. The lowest BCUT2D eigenvalue weighted by atomic mass is 10.2. The van der Waals surface area contributed by atoms with Crippen LogP contribution in [0.4, 0.5) is 13.6 Å². The second-order valence-electron chi connectivity index (χ2n) is 10.5. The van der Waals surface area contributed by atoms with E-state index in [9.17, 15) is 23.2 Å². The van der Waals surface area contributed by atoms with Crippen molar-refractivity contribution in [2.24, 2.45) is 0 Å². The number of piperazine rings is 1. The molecule has 1 unspecified atom stereocenters. The number of likely N-dealkylation sites (N-methyl/N-ethyl adjacent to an activating group) is 1. The summed E-state index contributed by atoms with van der Waals surface area (Å²) in [6.07, 6.45) is 2.32. The van der Waals surface area contributed by atoms with Crippen LogP contribution in [-0.2, 0) is 32.2 Å². The number of carbonyl (C=O) groups is 3. The van der Waals surface area contributed by atoms with Crippen molar-refractivity contribution in [1.29, 1.82) is 0 Å². The van der Waals surface area contributed by atoms with Crippen LogP contribution in [0.25, 0.3) is 0 Å². The van der Waals surface area contributed by atoms with E-state index in [1.807, 2.05) is 11.9 Å². The summed E-state index contributed by atoms with van der Waals surface area (Å²) in [7, 11) is 3.76. The van der Waals surface area contributed by atoms with Crippen LogP contribution in [0, 0.1) is 11.6 Å². The molecule has 46 heavy (non-hydrogen) atoms. The van der Waals surface area contributed by atoms with Crippen LogP contribution < -0.4 is 10.6 Å². The van der Waals surface area contributed by atoms with E-state index < -0.39 is 6.17 Å². The number of amides is 3. The molecular formula is C33H46F2N6O5. The molecule has 0 spiro atoms. The highest BCUT2D eigenvalue weighted by Gasteiger charge is 2.43. The molecule has 2 fully saturated rings. The molecule has 2 aliphatic heterocycles. The molecular weight excluding hydrogens is 598 g/mol. The lowest BCUT2D eigenvalue weighted by Gasteiger charge is -2.53. The lowest BCUT2D eigenvalue weighted by Crippen LogP contribution is -2.70. The van der Waals surface area contributed by atoms with Crippen LogP contribution in [0.15, 0.2) is 73.5 Å². The summed E-state index contributed by atoms with van der Waals surface area (Å²) in [6.45, 7) is 13.3. The fraction of sp³-hybridized carbons (Fsp3) is 0.424. The van der Waals surface area contributed by atoms with Gasteiger partial charge in [0, 0.05) is 25.8 Å². The zero-order chi connectivity index (χ0) is 33.9. The van der Waals surface area contributed by atoms with Gasteiger partial charge in [-0.1, -0.05) is 50.4 Å². The number of carbonyl (C=O) groups excluding carboxylic acids is 3. The minimum Gasteiger partial charge on any atom is -0.464 e. The van der Waals surface area contributed by atoms with E-state index in [-0.39, 0.29) is 56.4 Å². The van der Waals surface area contributed by atoms with Crippen LogP contribution in [0.5, 0.6) is 0 Å². The Labute approximate surface area is 270 Å². The third kappa shape index (κ3) is 12.6. The molecule has 2 saturated heterocycles. The molecule has 4 rings (SSSR count). The van der Waals surface area contributed by atoms with Crippen molar-refractivity contribution in [3.05, 3.63) is 96.2 Å². The average Bonchev–Trinajstić information content (AvgIpc) is 3.03. The van der Waals surface area contributed by atoms with Crippen LogP contribution in [0.2, 0.25) is 0 Å². The highest BCUT2D eigenvalue weighted by atomic mass is 19.1. The van der Waals surface area contributed by atoms with E-state index in [0.717, 1.165) is 23.4 Å². The molecule has 2 N–H and O–H groups in total. The van der Waals surface area contributed by atoms with Crippen molar-refractivity contribution < 1.29 is 32.6 Å². The molecule has 2 aliphatic rings. The molecule has 2 aromatic carbocycles. The Balaban J connectivity index is 0.000000576. The van der Waals surface area contributed by atoms with Crippen molar-refractivity contribution in [1.82, 2.24) is 30.5 Å². The Kier molecular flexibility index (Phi) is 17.0. The third-order valence-corrected chi connectivity index (χ3v) is 6.88. The maximum absolute atomic E-state index is 13.3. The second kappa shape index (κ2) is 20.7. The summed E-state index contributed by atoms with van der Waals surface area (Å²) in [5.74, 6) is -0.735. The quantitative estimate of drug-likeness (QED) is 0.206. The number of nitrogens with zero attached hydrogens (tertiary/aromatic N) is 4. The summed E-state index contributed by atoms with van der Waals surface area (Å²) in [4.78, 5) is 38.7. The van der Waals surface area contributed by atoms with Gasteiger partial charge in [-0.25, -0.2) is 23.6 Å². The molecule has 252 valence electrons. The van der Waals surface area contributed by atoms with Gasteiger partial charge in [0.25, 0.3) is 6.47 Å². The Morgan fingerprint density at radius 1 is 1.11 bits per heavy atom. The number of hydrogen-bond acceptors (Lipinski definition) is 8. The lowest BCUT2D eigenvalue weighted by molar-refractivity contribution is -0.154. The van der Waals surface area contributed by atoms with E-state index in [1.165, 1.54) is 36.8 Å². The predicted molar refractivity (Wildman–Crippen MR) is 172 cm³/mol. The third-order valence-electron chi connectivity index (χ3n) is 6.88. The molecule has 3 amide bonds. The highest BCUT2D eigenvalue weighted by Crippen LogP contribution is 2.26. The van der Waals surface area contributed by atoms with E-state index >= 15 is 0 Å². The van der Waals surface area contributed by atoms with Gasteiger partial charge in [0.1, 0.15) is 24.4 Å². The smallest absolute Gasteiger partial charge is 0.334 e. The minimum atomic E-state index is -0.421. The van der Waals surface area contributed by atoms with Gasteiger partial charge in [0.15, 0.2) is 0 Å². The zero-order valence-corrected chi connectivity index (χ0v) is 26.9. The standard InChI is InChI=1S/C25H29F2N5O3.C4H11N.C4H6O2/c1-18-14-29(2)32(25(34)28-13-19-6-8-21(26)9-7-19)23-15-30(24(33)16-31(18)23)10-11-35-17-20-4-3-5-22(27)12-20;1-3-4-5-2;1-2-3-6-4-5/h3-9,12,23H,1,10-11,13-17H2,2H3,(H,28,34);5H,3-4H2,1-2H3;2,4H,1,3H2. The fourth-order valence-electron chi connectivity index (χ4n) is 4.66. The van der Waals surface area contributed by atoms with Gasteiger partial charge in [0.2, 0.25) is 5.91 Å². The van der Waals surface area contributed by atoms with Gasteiger partial charge in [-0.3, -0.25) is 9.59 Å². The normalized spacial score (nSPS) is 15.9. The van der Waals surface area contributed by atoms with E-state index in [2.05, 4.69) is 35.5 Å². The number of halogens is 2. The van der Waals surface area contributed by atoms with Gasteiger partial charge in [0.05, 0.1) is 32.8 Å². The van der Waals surface area contributed by atoms with Crippen LogP contribution in [0.3, 0.4) is 0 Å².